The number of nitrogens with zero attached hydrogens (tertiary/aromatic N) is 1. The van der Waals surface area contributed by atoms with Crippen LogP contribution in [0, 0.1) is 5.41 Å². The van der Waals surface area contributed by atoms with Crippen LogP contribution in [0.1, 0.15) is 51.6 Å². The monoisotopic (exact) mass is 274 g/mol. The van der Waals surface area contributed by atoms with Crippen molar-refractivity contribution in [2.75, 3.05) is 26.2 Å². The Morgan fingerprint density at radius 1 is 1.25 bits per heavy atom. The highest BCUT2D eigenvalue weighted by Crippen LogP contribution is 2.33. The predicted octanol–water partition coefficient (Wildman–Crippen LogP) is 3.85. The SMILES string of the molecule is CCCNCC(c1ccccc1)N1CCCC(C)(C)C1. The van der Waals surface area contributed by atoms with Gasteiger partial charge in [0.05, 0.1) is 0 Å². The van der Waals surface area contributed by atoms with Gasteiger partial charge in [-0.3, -0.25) is 4.90 Å². The van der Waals surface area contributed by atoms with E-state index in [1.54, 1.807) is 0 Å². The average Bonchev–Trinajstić information content (AvgIpc) is 2.43. The van der Waals surface area contributed by atoms with Crippen LogP contribution < -0.4 is 5.32 Å². The topological polar surface area (TPSA) is 15.3 Å². The van der Waals surface area contributed by atoms with E-state index in [0.717, 1.165) is 13.1 Å². The molecule has 0 aliphatic carbocycles. The maximum atomic E-state index is 3.62. The molecule has 1 aliphatic heterocycles. The fraction of sp³-hybridized carbons (Fsp3) is 0.667. The summed E-state index contributed by atoms with van der Waals surface area (Å²) in [6.45, 7) is 11.7. The summed E-state index contributed by atoms with van der Waals surface area (Å²) in [5.74, 6) is 0. The summed E-state index contributed by atoms with van der Waals surface area (Å²) in [7, 11) is 0. The molecule has 1 heterocycles. The van der Waals surface area contributed by atoms with E-state index in [2.05, 4.69) is 61.3 Å². The van der Waals surface area contributed by atoms with Crippen LogP contribution in [0.5, 0.6) is 0 Å². The summed E-state index contributed by atoms with van der Waals surface area (Å²) >= 11 is 0. The van der Waals surface area contributed by atoms with Crippen LogP contribution in [-0.4, -0.2) is 31.1 Å². The lowest BCUT2D eigenvalue weighted by molar-refractivity contribution is 0.0772. The minimum atomic E-state index is 0.454. The fourth-order valence-electron chi connectivity index (χ4n) is 3.28. The van der Waals surface area contributed by atoms with Crippen molar-refractivity contribution in [1.29, 1.82) is 0 Å². The van der Waals surface area contributed by atoms with E-state index in [9.17, 15) is 0 Å². The van der Waals surface area contributed by atoms with E-state index in [-0.39, 0.29) is 0 Å². The van der Waals surface area contributed by atoms with Crippen LogP contribution in [0.2, 0.25) is 0 Å². The van der Waals surface area contributed by atoms with Crippen molar-refractivity contribution >= 4 is 0 Å². The summed E-state index contributed by atoms with van der Waals surface area (Å²) in [6.07, 6.45) is 3.88. The zero-order chi connectivity index (χ0) is 14.4. The Labute approximate surface area is 124 Å². The smallest absolute Gasteiger partial charge is 0.0472 e. The largest absolute Gasteiger partial charge is 0.315 e. The molecule has 2 rings (SSSR count). The first-order valence-electron chi connectivity index (χ1n) is 8.12. The molecule has 0 saturated carbocycles. The molecule has 0 spiro atoms. The first-order valence-corrected chi connectivity index (χ1v) is 8.12. The summed E-state index contributed by atoms with van der Waals surface area (Å²) in [6, 6.07) is 11.5. The summed E-state index contributed by atoms with van der Waals surface area (Å²) in [5, 5.41) is 3.62. The van der Waals surface area contributed by atoms with Gasteiger partial charge in [0.25, 0.3) is 0 Å². The van der Waals surface area contributed by atoms with Gasteiger partial charge in [0.1, 0.15) is 0 Å². The molecule has 0 amide bonds. The lowest BCUT2D eigenvalue weighted by Crippen LogP contribution is -2.45. The Kier molecular flexibility index (Phi) is 5.62. The van der Waals surface area contributed by atoms with Crippen molar-refractivity contribution < 1.29 is 0 Å². The van der Waals surface area contributed by atoms with Crippen molar-refractivity contribution in [3.63, 3.8) is 0 Å². The van der Waals surface area contributed by atoms with Crippen molar-refractivity contribution in [2.24, 2.45) is 5.41 Å². The van der Waals surface area contributed by atoms with Crippen LogP contribution in [0.4, 0.5) is 0 Å². The first kappa shape index (κ1) is 15.5. The highest BCUT2D eigenvalue weighted by Gasteiger charge is 2.30. The highest BCUT2D eigenvalue weighted by atomic mass is 15.2. The number of likely N-dealkylation sites (tertiary alicyclic amines) is 1. The van der Waals surface area contributed by atoms with Gasteiger partial charge in [-0.2, -0.15) is 0 Å². The third kappa shape index (κ3) is 4.32. The Morgan fingerprint density at radius 2 is 2.00 bits per heavy atom. The van der Waals surface area contributed by atoms with Crippen LogP contribution in [0.3, 0.4) is 0 Å². The molecular formula is C18H30N2. The minimum absolute atomic E-state index is 0.454. The third-order valence-corrected chi connectivity index (χ3v) is 4.32. The van der Waals surface area contributed by atoms with Crippen LogP contribution in [0.15, 0.2) is 30.3 Å². The zero-order valence-electron chi connectivity index (χ0n) is 13.4. The molecule has 1 fully saturated rings. The number of rotatable bonds is 6. The summed E-state index contributed by atoms with van der Waals surface area (Å²) in [5.41, 5.74) is 1.91. The second-order valence-electron chi connectivity index (χ2n) is 6.87. The lowest BCUT2D eigenvalue weighted by atomic mass is 9.83. The van der Waals surface area contributed by atoms with Gasteiger partial charge in [0.15, 0.2) is 0 Å². The quantitative estimate of drug-likeness (QED) is 0.793. The van der Waals surface area contributed by atoms with E-state index in [1.165, 1.54) is 37.9 Å². The second-order valence-corrected chi connectivity index (χ2v) is 6.87. The molecule has 2 heteroatoms. The molecule has 112 valence electrons. The van der Waals surface area contributed by atoms with E-state index in [0.29, 0.717) is 11.5 Å². The second kappa shape index (κ2) is 7.24. The molecule has 2 nitrogen and oxygen atoms in total. The van der Waals surface area contributed by atoms with Crippen molar-refractivity contribution in [1.82, 2.24) is 10.2 Å². The first-order chi connectivity index (χ1) is 9.62. The van der Waals surface area contributed by atoms with Crippen LogP contribution in [0.25, 0.3) is 0 Å². The molecule has 1 aliphatic rings. The number of hydrogen-bond donors (Lipinski definition) is 1. The molecule has 1 N–H and O–H groups in total. The average molecular weight is 274 g/mol. The normalized spacial score (nSPS) is 20.8. The molecule has 20 heavy (non-hydrogen) atoms. The van der Waals surface area contributed by atoms with Gasteiger partial charge in [-0.05, 0) is 43.3 Å². The van der Waals surface area contributed by atoms with Crippen molar-refractivity contribution in [3.05, 3.63) is 35.9 Å². The molecule has 1 unspecified atom stereocenters. The Morgan fingerprint density at radius 3 is 2.65 bits per heavy atom. The molecule has 1 aromatic rings. The van der Waals surface area contributed by atoms with E-state index in [4.69, 9.17) is 0 Å². The molecule has 0 radical (unpaired) electrons. The van der Waals surface area contributed by atoms with E-state index < -0.39 is 0 Å². The summed E-state index contributed by atoms with van der Waals surface area (Å²) in [4.78, 5) is 2.68. The van der Waals surface area contributed by atoms with Gasteiger partial charge in [0.2, 0.25) is 0 Å². The van der Waals surface area contributed by atoms with E-state index in [1.807, 2.05) is 0 Å². The Bertz CT molecular complexity index is 386. The molecule has 0 bridgehead atoms. The van der Waals surface area contributed by atoms with Crippen molar-refractivity contribution in [2.45, 2.75) is 46.1 Å². The molecule has 0 aromatic heterocycles. The number of benzene rings is 1. The standard InChI is InChI=1S/C18H30N2/c1-4-12-19-14-17(16-9-6-5-7-10-16)20-13-8-11-18(2,3)15-20/h5-7,9-10,17,19H,4,8,11-15H2,1-3H3. The van der Waals surface area contributed by atoms with Crippen molar-refractivity contribution in [3.8, 4) is 0 Å². The van der Waals surface area contributed by atoms with Gasteiger partial charge in [0, 0.05) is 19.1 Å². The number of nitrogens with one attached hydrogen (secondary N) is 1. The molecule has 1 atom stereocenters. The van der Waals surface area contributed by atoms with Gasteiger partial charge >= 0.3 is 0 Å². The van der Waals surface area contributed by atoms with Crippen LogP contribution >= 0.6 is 0 Å². The van der Waals surface area contributed by atoms with E-state index >= 15 is 0 Å². The summed E-state index contributed by atoms with van der Waals surface area (Å²) < 4.78 is 0. The maximum Gasteiger partial charge on any atom is 0.0472 e. The highest BCUT2D eigenvalue weighted by molar-refractivity contribution is 5.19. The molecule has 1 aromatic carbocycles. The van der Waals surface area contributed by atoms with Gasteiger partial charge < -0.3 is 5.32 Å². The van der Waals surface area contributed by atoms with Crippen LogP contribution in [-0.2, 0) is 0 Å². The Hall–Kier alpha value is -0.860. The van der Waals surface area contributed by atoms with Gasteiger partial charge in [-0.1, -0.05) is 51.1 Å². The van der Waals surface area contributed by atoms with Gasteiger partial charge in [-0.25, -0.2) is 0 Å². The zero-order valence-corrected chi connectivity index (χ0v) is 13.4. The molecular weight excluding hydrogens is 244 g/mol. The third-order valence-electron chi connectivity index (χ3n) is 4.32. The lowest BCUT2D eigenvalue weighted by Gasteiger charge is -2.42. The van der Waals surface area contributed by atoms with Gasteiger partial charge in [-0.15, -0.1) is 0 Å². The number of piperidine rings is 1. The maximum absolute atomic E-state index is 3.62. The Balaban J connectivity index is 2.09. The minimum Gasteiger partial charge on any atom is -0.315 e. The number of hydrogen-bond acceptors (Lipinski definition) is 2. The molecule has 1 saturated heterocycles. The fourth-order valence-corrected chi connectivity index (χ4v) is 3.28. The predicted molar refractivity (Wildman–Crippen MR) is 86.9 cm³/mol.